The average molecular weight is 480 g/mol. The molecule has 2 aliphatic heterocycles. The number of aliphatic imine (C=N–C) groups is 1. The molecule has 0 aliphatic carbocycles. The van der Waals surface area contributed by atoms with Gasteiger partial charge in [0.25, 0.3) is 0 Å². The number of aliphatic hydroxyl groups excluding tert-OH is 1. The lowest BCUT2D eigenvalue weighted by molar-refractivity contribution is -0.414. The molecule has 0 aromatic heterocycles. The Kier molecular flexibility index (Phi) is 6.50. The van der Waals surface area contributed by atoms with Crippen LogP contribution in [0.3, 0.4) is 0 Å². The van der Waals surface area contributed by atoms with Gasteiger partial charge in [-0.2, -0.15) is 4.90 Å². The van der Waals surface area contributed by atoms with Crippen molar-refractivity contribution in [3.63, 3.8) is 0 Å². The summed E-state index contributed by atoms with van der Waals surface area (Å²) in [5.74, 6) is -7.99. The summed E-state index contributed by atoms with van der Waals surface area (Å²) in [6.45, 7) is -3.09. The van der Waals surface area contributed by atoms with Crippen LogP contribution in [-0.4, -0.2) is 102 Å². The van der Waals surface area contributed by atoms with Crippen molar-refractivity contribution in [2.24, 2.45) is 4.99 Å². The highest BCUT2D eigenvalue weighted by atomic mass is 32.2. The molecule has 11 nitrogen and oxygen atoms in total. The first-order valence-corrected chi connectivity index (χ1v) is 10.9. The van der Waals surface area contributed by atoms with E-state index in [1.165, 1.54) is 16.7 Å². The summed E-state index contributed by atoms with van der Waals surface area (Å²) in [6, 6.07) is 14.8. The molecule has 1 saturated heterocycles. The van der Waals surface area contributed by atoms with Crippen LogP contribution in [0.4, 0.5) is 5.69 Å². The van der Waals surface area contributed by atoms with Crippen molar-refractivity contribution in [2.45, 2.75) is 27.6 Å². The van der Waals surface area contributed by atoms with Crippen molar-refractivity contribution in [3.8, 4) is 0 Å². The van der Waals surface area contributed by atoms with E-state index < -0.39 is 50.6 Å². The number of hydrogen-bond donors (Lipinski definition) is 7. The zero-order valence-corrected chi connectivity index (χ0v) is 18.3. The van der Waals surface area contributed by atoms with E-state index in [0.717, 1.165) is 9.79 Å². The van der Waals surface area contributed by atoms with Crippen LogP contribution < -0.4 is 0 Å². The highest BCUT2D eigenvalue weighted by Crippen LogP contribution is 2.41. The fourth-order valence-electron chi connectivity index (χ4n) is 3.79. The Morgan fingerprint density at radius 3 is 2.21 bits per heavy atom. The SMILES string of the molecule is OCC(O)(O)OCCN1C(O)(O)CN(C2=Nc3ccccc3Sc3ccccc32)CC1(O)O. The van der Waals surface area contributed by atoms with Crippen LogP contribution in [0.25, 0.3) is 0 Å². The minimum Gasteiger partial charge on any atom is -0.388 e. The monoisotopic (exact) mass is 479 g/mol. The number of benzene rings is 2. The summed E-state index contributed by atoms with van der Waals surface area (Å²) in [7, 11) is 0. The molecule has 12 heteroatoms. The summed E-state index contributed by atoms with van der Waals surface area (Å²) >= 11 is 1.50. The summed E-state index contributed by atoms with van der Waals surface area (Å²) in [4.78, 5) is 8.39. The molecule has 2 heterocycles. The van der Waals surface area contributed by atoms with Crippen molar-refractivity contribution < 1.29 is 40.5 Å². The van der Waals surface area contributed by atoms with Crippen LogP contribution in [-0.2, 0) is 4.74 Å². The number of hydrogen-bond acceptors (Lipinski definition) is 12. The van der Waals surface area contributed by atoms with Crippen molar-refractivity contribution in [3.05, 3.63) is 54.1 Å². The normalized spacial score (nSPS) is 20.0. The third kappa shape index (κ3) is 5.05. The second-order valence-electron chi connectivity index (χ2n) is 7.81. The van der Waals surface area contributed by atoms with E-state index in [-0.39, 0.29) is 0 Å². The molecule has 4 rings (SSSR count). The Balaban J connectivity index is 1.64. The van der Waals surface area contributed by atoms with Gasteiger partial charge in [0.2, 0.25) is 11.8 Å². The first-order valence-electron chi connectivity index (χ1n) is 10.1. The Labute approximate surface area is 193 Å². The van der Waals surface area contributed by atoms with E-state index in [1.54, 1.807) is 0 Å². The van der Waals surface area contributed by atoms with E-state index in [4.69, 9.17) is 10.1 Å². The standard InChI is InChI=1S/C21H25N3O8S/c25-13-21(30,31)32-10-9-24-19(26,27)11-23(12-20(24,28)29)18-14-5-1-3-7-16(14)33-17-8-4-2-6-15(17)22-18/h1-8,25-31H,9-13H2. The van der Waals surface area contributed by atoms with Gasteiger partial charge >= 0.3 is 5.97 Å². The van der Waals surface area contributed by atoms with Gasteiger partial charge in [0.15, 0.2) is 0 Å². The van der Waals surface area contributed by atoms with E-state index >= 15 is 0 Å². The van der Waals surface area contributed by atoms with Gasteiger partial charge in [0, 0.05) is 21.9 Å². The smallest absolute Gasteiger partial charge is 0.302 e. The predicted octanol–water partition coefficient (Wildman–Crippen LogP) is -1.23. The van der Waals surface area contributed by atoms with E-state index in [1.807, 2.05) is 48.5 Å². The van der Waals surface area contributed by atoms with Gasteiger partial charge in [-0.1, -0.05) is 42.1 Å². The third-order valence-electron chi connectivity index (χ3n) is 5.26. The number of amidine groups is 1. The van der Waals surface area contributed by atoms with Crippen LogP contribution in [0.2, 0.25) is 0 Å². The van der Waals surface area contributed by atoms with Crippen molar-refractivity contribution in [2.75, 3.05) is 32.8 Å². The molecule has 1 fully saturated rings. The fraction of sp³-hybridized carbons (Fsp3) is 0.381. The van der Waals surface area contributed by atoms with Crippen LogP contribution in [0.1, 0.15) is 5.56 Å². The molecule has 178 valence electrons. The molecule has 2 aliphatic rings. The number of piperazine rings is 1. The second-order valence-corrected chi connectivity index (χ2v) is 8.89. The lowest BCUT2D eigenvalue weighted by atomic mass is 10.1. The van der Waals surface area contributed by atoms with Crippen molar-refractivity contribution >= 4 is 23.3 Å². The van der Waals surface area contributed by atoms with Crippen LogP contribution in [0, 0.1) is 0 Å². The number of ether oxygens (including phenoxy) is 1. The molecule has 2 aromatic carbocycles. The molecule has 0 amide bonds. The maximum Gasteiger partial charge on any atom is 0.302 e. The lowest BCUT2D eigenvalue weighted by Gasteiger charge is -2.51. The molecule has 2 aromatic rings. The van der Waals surface area contributed by atoms with Gasteiger partial charge in [0.1, 0.15) is 12.4 Å². The van der Waals surface area contributed by atoms with Gasteiger partial charge in [-0.3, -0.25) is 0 Å². The Hall–Kier alpha value is -2.10. The largest absolute Gasteiger partial charge is 0.388 e. The van der Waals surface area contributed by atoms with E-state index in [2.05, 4.69) is 4.74 Å². The molecule has 0 unspecified atom stereocenters. The highest BCUT2D eigenvalue weighted by molar-refractivity contribution is 7.99. The van der Waals surface area contributed by atoms with Crippen molar-refractivity contribution in [1.82, 2.24) is 9.80 Å². The minimum atomic E-state index is -2.84. The predicted molar refractivity (Wildman–Crippen MR) is 116 cm³/mol. The first kappa shape index (κ1) is 24.0. The lowest BCUT2D eigenvalue weighted by Crippen LogP contribution is -2.74. The number of rotatable bonds is 5. The fourth-order valence-corrected chi connectivity index (χ4v) is 4.81. The van der Waals surface area contributed by atoms with Gasteiger partial charge in [-0.25, -0.2) is 4.99 Å². The number of fused-ring (bicyclic) bond motifs is 2. The number of aliphatic hydroxyl groups is 7. The third-order valence-corrected chi connectivity index (χ3v) is 6.40. The van der Waals surface area contributed by atoms with Gasteiger partial charge in [-0.05, 0) is 18.2 Å². The number of β-amino-alcohol motifs (C(OH)–C–C–N with tert-alkyl or cyclic N) is 4. The zero-order chi connectivity index (χ0) is 23.9. The number of nitrogens with zero attached hydrogens (tertiary/aromatic N) is 3. The molecule has 0 radical (unpaired) electrons. The zero-order valence-electron chi connectivity index (χ0n) is 17.4. The van der Waals surface area contributed by atoms with E-state index in [9.17, 15) is 30.6 Å². The van der Waals surface area contributed by atoms with Crippen molar-refractivity contribution in [1.29, 1.82) is 0 Å². The quantitative estimate of drug-likeness (QED) is 0.256. The molecule has 0 atom stereocenters. The molecular weight excluding hydrogens is 454 g/mol. The van der Waals surface area contributed by atoms with Gasteiger partial charge < -0.3 is 45.4 Å². The molecule has 0 spiro atoms. The first-order chi connectivity index (χ1) is 15.5. The summed E-state index contributed by atoms with van der Waals surface area (Å²) in [5, 5.41) is 70.3. The second kappa shape index (κ2) is 8.92. The number of para-hydroxylation sites is 1. The Morgan fingerprint density at radius 1 is 0.939 bits per heavy atom. The van der Waals surface area contributed by atoms with Gasteiger partial charge in [0.05, 0.1) is 25.4 Å². The van der Waals surface area contributed by atoms with Crippen LogP contribution in [0.15, 0.2) is 63.3 Å². The Morgan fingerprint density at radius 2 is 1.55 bits per heavy atom. The van der Waals surface area contributed by atoms with Gasteiger partial charge in [-0.15, -0.1) is 0 Å². The summed E-state index contributed by atoms with van der Waals surface area (Å²) < 4.78 is 4.65. The summed E-state index contributed by atoms with van der Waals surface area (Å²) in [5.41, 5.74) is 1.34. The van der Waals surface area contributed by atoms with E-state index in [0.29, 0.717) is 22.0 Å². The molecule has 7 N–H and O–H groups in total. The van der Waals surface area contributed by atoms with Crippen LogP contribution >= 0.6 is 11.8 Å². The topological polar surface area (TPSA) is 170 Å². The molecule has 0 bridgehead atoms. The molecule has 33 heavy (non-hydrogen) atoms. The summed E-state index contributed by atoms with van der Waals surface area (Å²) in [6.07, 6.45) is 0. The maximum atomic E-state index is 10.7. The minimum absolute atomic E-state index is 0.337. The highest BCUT2D eigenvalue weighted by Gasteiger charge is 2.52. The molecule has 0 saturated carbocycles. The maximum absolute atomic E-state index is 10.7. The molecular formula is C21H25N3O8S. The Bertz CT molecular complexity index is 1030. The van der Waals surface area contributed by atoms with Crippen LogP contribution in [0.5, 0.6) is 0 Å². The average Bonchev–Trinajstić information content (AvgIpc) is 2.91.